The number of amides is 2. The van der Waals surface area contributed by atoms with Crippen LogP contribution in [0.15, 0.2) is 52.7 Å². The van der Waals surface area contributed by atoms with Crippen molar-refractivity contribution in [2.24, 2.45) is 0 Å². The van der Waals surface area contributed by atoms with Crippen LogP contribution in [0.25, 0.3) is 0 Å². The first kappa shape index (κ1) is 31.1. The molecule has 0 saturated carbocycles. The van der Waals surface area contributed by atoms with Crippen LogP contribution in [0.5, 0.6) is 11.5 Å². The molecule has 0 bridgehead atoms. The number of nitrogens with zero attached hydrogens (tertiary/aromatic N) is 2. The number of fused-ring (bicyclic) bond motifs is 1. The molecule has 0 radical (unpaired) electrons. The van der Waals surface area contributed by atoms with E-state index in [0.717, 1.165) is 19.6 Å². The van der Waals surface area contributed by atoms with Crippen LogP contribution in [0.3, 0.4) is 0 Å². The van der Waals surface area contributed by atoms with Crippen molar-refractivity contribution in [1.82, 2.24) is 10.2 Å². The van der Waals surface area contributed by atoms with Crippen LogP contribution in [0.2, 0.25) is 5.02 Å². The molecule has 1 saturated heterocycles. The first-order chi connectivity index (χ1) is 20.6. The molecule has 3 aromatic rings. The summed E-state index contributed by atoms with van der Waals surface area (Å²) in [6.07, 6.45) is -0.218. The number of aryl methyl sites for hydroxylation is 1. The van der Waals surface area contributed by atoms with Gasteiger partial charge in [-0.15, -0.1) is 11.3 Å². The van der Waals surface area contributed by atoms with Gasteiger partial charge in [0.1, 0.15) is 16.4 Å². The molecular weight excluding hydrogens is 618 g/mol. The third kappa shape index (κ3) is 5.79. The lowest BCUT2D eigenvalue weighted by atomic mass is 9.91. The normalized spacial score (nSPS) is 18.8. The molecule has 1 fully saturated rings. The number of carbonyl (C=O) groups excluding carboxylic acids is 2. The number of benzene rings is 2. The highest BCUT2D eigenvalue weighted by Crippen LogP contribution is 2.52. The van der Waals surface area contributed by atoms with Crippen LogP contribution < -0.4 is 19.1 Å². The Hall–Kier alpha value is -3.36. The van der Waals surface area contributed by atoms with Crippen molar-refractivity contribution in [3.8, 4) is 11.5 Å². The summed E-state index contributed by atoms with van der Waals surface area (Å²) in [5, 5.41) is 4.72. The summed E-state index contributed by atoms with van der Waals surface area (Å²) >= 11 is 7.57. The van der Waals surface area contributed by atoms with Gasteiger partial charge in [0, 0.05) is 36.3 Å². The number of carbonyl (C=O) groups is 2. The fourth-order valence-electron chi connectivity index (χ4n) is 5.25. The van der Waals surface area contributed by atoms with E-state index in [2.05, 4.69) is 10.2 Å². The monoisotopic (exact) mass is 649 g/mol. The molecule has 43 heavy (non-hydrogen) atoms. The molecule has 5 rings (SSSR count). The van der Waals surface area contributed by atoms with E-state index in [9.17, 15) is 18.0 Å². The van der Waals surface area contributed by atoms with E-state index in [-0.39, 0.29) is 33.5 Å². The second-order valence-electron chi connectivity index (χ2n) is 9.99. The zero-order valence-corrected chi connectivity index (χ0v) is 26.3. The number of halogens is 1. The number of sulfonamides is 1. The van der Waals surface area contributed by atoms with E-state index in [1.807, 2.05) is 0 Å². The van der Waals surface area contributed by atoms with Crippen LogP contribution in [0, 0.1) is 6.92 Å². The van der Waals surface area contributed by atoms with Gasteiger partial charge in [0.05, 0.1) is 38.0 Å². The molecule has 1 atom stereocenters. The lowest BCUT2D eigenvalue weighted by Crippen LogP contribution is -2.48. The summed E-state index contributed by atoms with van der Waals surface area (Å²) in [6, 6.07) is 10.3. The van der Waals surface area contributed by atoms with Crippen LogP contribution in [0.1, 0.15) is 22.4 Å². The van der Waals surface area contributed by atoms with Gasteiger partial charge in [-0.2, -0.15) is 4.31 Å². The summed E-state index contributed by atoms with van der Waals surface area (Å²) < 4.78 is 51.1. The van der Waals surface area contributed by atoms with Gasteiger partial charge in [-0.3, -0.25) is 9.69 Å². The molecule has 2 aliphatic heterocycles. The van der Waals surface area contributed by atoms with E-state index in [0.29, 0.717) is 40.1 Å². The first-order valence-corrected chi connectivity index (χ1v) is 16.3. The fraction of sp³-hybridized carbons (Fsp3) is 0.379. The Kier molecular flexibility index (Phi) is 9.18. The first-order valence-electron chi connectivity index (χ1n) is 13.6. The molecule has 11 nitrogen and oxygen atoms in total. The number of alkyl carbamates (subject to hydrolysis) is 1. The van der Waals surface area contributed by atoms with Crippen LogP contribution in [-0.4, -0.2) is 78.9 Å². The maximum Gasteiger partial charge on any atom is 0.408 e. The molecule has 14 heteroatoms. The number of morpholine rings is 1. The van der Waals surface area contributed by atoms with Crippen LogP contribution in [0.4, 0.5) is 10.5 Å². The highest BCUT2D eigenvalue weighted by Gasteiger charge is 2.60. The van der Waals surface area contributed by atoms with Crippen molar-refractivity contribution >= 4 is 50.6 Å². The second-order valence-corrected chi connectivity index (χ2v) is 13.1. The molecule has 1 N–H and O–H groups in total. The number of methoxy groups -OCH3 is 2. The summed E-state index contributed by atoms with van der Waals surface area (Å²) in [6.45, 7) is 5.79. The van der Waals surface area contributed by atoms with Gasteiger partial charge in [-0.1, -0.05) is 11.6 Å². The molecule has 1 aromatic heterocycles. The minimum Gasteiger partial charge on any atom is -0.497 e. The van der Waals surface area contributed by atoms with Crippen molar-refractivity contribution in [1.29, 1.82) is 0 Å². The smallest absolute Gasteiger partial charge is 0.408 e. The van der Waals surface area contributed by atoms with Gasteiger partial charge < -0.3 is 24.3 Å². The highest BCUT2D eigenvalue weighted by atomic mass is 35.5. The molecule has 2 aliphatic rings. The molecule has 1 unspecified atom stereocenters. The predicted octanol–water partition coefficient (Wildman–Crippen LogP) is 4.15. The average molecular weight is 650 g/mol. The molecule has 2 amide bonds. The van der Waals surface area contributed by atoms with Crippen molar-refractivity contribution in [2.45, 2.75) is 23.8 Å². The van der Waals surface area contributed by atoms with E-state index in [1.165, 1.54) is 62.0 Å². The predicted molar refractivity (Wildman–Crippen MR) is 162 cm³/mol. The highest BCUT2D eigenvalue weighted by molar-refractivity contribution is 7.93. The standard InChI is InChI=1S/C29H32ClN3O8S2/c1-19-9-16-42-26(19)29(41-28(35)31-10-4-11-32-12-14-40-15-13-32)22-17-20(30)5-7-23(22)33(27(29)34)43(36,37)25-8-6-21(38-2)18-24(25)39-3/h5-9,16-18H,4,10-15H2,1-3H3,(H,31,35). The van der Waals surface area contributed by atoms with Crippen molar-refractivity contribution in [2.75, 3.05) is 57.9 Å². The van der Waals surface area contributed by atoms with Gasteiger partial charge in [0.25, 0.3) is 21.5 Å². The third-order valence-electron chi connectivity index (χ3n) is 7.38. The Labute approximate surface area is 259 Å². The Balaban J connectivity index is 1.53. The second kappa shape index (κ2) is 12.7. The third-order valence-corrected chi connectivity index (χ3v) is 10.5. The fourth-order valence-corrected chi connectivity index (χ4v) is 8.09. The number of thiophene rings is 1. The Bertz CT molecular complexity index is 1620. The topological polar surface area (TPSA) is 124 Å². The van der Waals surface area contributed by atoms with Crippen LogP contribution >= 0.6 is 22.9 Å². The van der Waals surface area contributed by atoms with Gasteiger partial charge in [-0.25, -0.2) is 13.2 Å². The SMILES string of the molecule is COc1ccc(S(=O)(=O)N2C(=O)C(OC(=O)NCCCN3CCOCC3)(c3sccc3C)c3cc(Cl)ccc32)c(OC)c1. The maximum atomic E-state index is 14.6. The number of hydrogen-bond acceptors (Lipinski definition) is 10. The zero-order chi connectivity index (χ0) is 30.8. The lowest BCUT2D eigenvalue weighted by Gasteiger charge is -2.29. The van der Waals surface area contributed by atoms with Crippen molar-refractivity contribution < 1.29 is 37.0 Å². The Morgan fingerprint density at radius 2 is 1.88 bits per heavy atom. The molecule has 230 valence electrons. The Morgan fingerprint density at radius 3 is 2.56 bits per heavy atom. The van der Waals surface area contributed by atoms with Crippen molar-refractivity contribution in [3.05, 3.63) is 68.9 Å². The minimum atomic E-state index is -4.59. The Morgan fingerprint density at radius 1 is 1.12 bits per heavy atom. The molecule has 3 heterocycles. The number of ether oxygens (including phenoxy) is 4. The van der Waals surface area contributed by atoms with E-state index in [4.69, 9.17) is 30.5 Å². The quantitative estimate of drug-likeness (QED) is 0.323. The molecular formula is C29H32ClN3O8S2. The average Bonchev–Trinajstić information content (AvgIpc) is 3.54. The summed E-state index contributed by atoms with van der Waals surface area (Å²) in [5.74, 6) is -0.629. The van der Waals surface area contributed by atoms with Crippen LogP contribution in [-0.2, 0) is 29.9 Å². The minimum absolute atomic E-state index is 0.0141. The van der Waals surface area contributed by atoms with Gasteiger partial charge in [0.2, 0.25) is 0 Å². The van der Waals surface area contributed by atoms with E-state index >= 15 is 0 Å². The maximum absolute atomic E-state index is 14.6. The molecule has 0 aliphatic carbocycles. The number of rotatable bonds is 10. The number of nitrogens with one attached hydrogen (secondary N) is 1. The number of anilines is 1. The van der Waals surface area contributed by atoms with E-state index < -0.39 is 27.6 Å². The van der Waals surface area contributed by atoms with Gasteiger partial charge in [0.15, 0.2) is 0 Å². The largest absolute Gasteiger partial charge is 0.497 e. The van der Waals surface area contributed by atoms with Gasteiger partial charge >= 0.3 is 6.09 Å². The molecule has 2 aromatic carbocycles. The number of hydrogen-bond donors (Lipinski definition) is 1. The summed E-state index contributed by atoms with van der Waals surface area (Å²) in [7, 11) is -1.83. The van der Waals surface area contributed by atoms with Gasteiger partial charge in [-0.05, 0) is 67.2 Å². The lowest BCUT2D eigenvalue weighted by molar-refractivity contribution is -0.131. The summed E-state index contributed by atoms with van der Waals surface area (Å²) in [4.78, 5) is 30.3. The summed E-state index contributed by atoms with van der Waals surface area (Å²) in [5.41, 5.74) is -1.32. The van der Waals surface area contributed by atoms with E-state index in [1.54, 1.807) is 18.4 Å². The van der Waals surface area contributed by atoms with Crippen molar-refractivity contribution in [3.63, 3.8) is 0 Å². The zero-order valence-electron chi connectivity index (χ0n) is 23.9. The molecule has 0 spiro atoms.